The lowest BCUT2D eigenvalue weighted by Crippen LogP contribution is -2.10. The van der Waals surface area contributed by atoms with Crippen LogP contribution in [-0.2, 0) is 0 Å². The molecule has 1 N–H and O–H groups in total. The fraction of sp³-hybridized carbons (Fsp3) is 0.900. The lowest BCUT2D eigenvalue weighted by atomic mass is 9.93. The monoisotopic (exact) mass is 201 g/mol. The average Bonchev–Trinajstić information content (AvgIpc) is 2.12. The van der Waals surface area contributed by atoms with Crippen LogP contribution in [0.5, 0.6) is 0 Å². The van der Waals surface area contributed by atoms with E-state index in [2.05, 4.69) is 6.07 Å². The summed E-state index contributed by atoms with van der Waals surface area (Å²) in [6.45, 7) is 6.21. The molecule has 0 aromatic carbocycles. The average molecular weight is 201 g/mol. The highest BCUT2D eigenvalue weighted by Gasteiger charge is 2.15. The van der Waals surface area contributed by atoms with E-state index in [0.717, 1.165) is 17.9 Å². The molecule has 76 valence electrons. The maximum atomic E-state index is 8.77. The van der Waals surface area contributed by atoms with Crippen LogP contribution < -0.4 is 0 Å². The van der Waals surface area contributed by atoms with Crippen LogP contribution in [0.4, 0.5) is 0 Å². The van der Waals surface area contributed by atoms with E-state index in [1.165, 1.54) is 0 Å². The van der Waals surface area contributed by atoms with E-state index < -0.39 is 0 Å². The molecule has 0 aliphatic rings. The van der Waals surface area contributed by atoms with Crippen molar-refractivity contribution in [3.63, 3.8) is 0 Å². The van der Waals surface area contributed by atoms with Crippen molar-refractivity contribution >= 4 is 11.8 Å². The Morgan fingerprint density at radius 3 is 2.62 bits per heavy atom. The van der Waals surface area contributed by atoms with Gasteiger partial charge in [0, 0.05) is 6.61 Å². The molecule has 0 saturated carbocycles. The van der Waals surface area contributed by atoms with Crippen molar-refractivity contribution in [2.45, 2.75) is 27.2 Å². The number of hydrogen-bond donors (Lipinski definition) is 1. The van der Waals surface area contributed by atoms with Gasteiger partial charge in [0.15, 0.2) is 0 Å². The fourth-order valence-electron chi connectivity index (χ4n) is 0.720. The summed E-state index contributed by atoms with van der Waals surface area (Å²) in [7, 11) is 0. The number of nitrogens with zero attached hydrogens (tertiary/aromatic N) is 1. The summed E-state index contributed by atoms with van der Waals surface area (Å²) in [6.07, 6.45) is 0.923. The van der Waals surface area contributed by atoms with Gasteiger partial charge in [0.2, 0.25) is 0 Å². The van der Waals surface area contributed by atoms with Crippen LogP contribution in [0.1, 0.15) is 27.2 Å². The summed E-state index contributed by atoms with van der Waals surface area (Å²) in [5, 5.41) is 17.5. The molecular weight excluding hydrogens is 182 g/mol. The zero-order valence-electron chi connectivity index (χ0n) is 8.71. The SMILES string of the molecule is CC(CO)CSCCC(C)(C)C#N. The first kappa shape index (κ1) is 12.8. The zero-order valence-corrected chi connectivity index (χ0v) is 9.52. The summed E-state index contributed by atoms with van der Waals surface area (Å²) in [5.41, 5.74) is -0.199. The van der Waals surface area contributed by atoms with Gasteiger partial charge in [-0.2, -0.15) is 17.0 Å². The van der Waals surface area contributed by atoms with Gasteiger partial charge >= 0.3 is 0 Å². The van der Waals surface area contributed by atoms with Crippen LogP contribution in [-0.4, -0.2) is 23.2 Å². The molecule has 0 aliphatic heterocycles. The maximum absolute atomic E-state index is 8.77. The van der Waals surface area contributed by atoms with E-state index >= 15 is 0 Å². The Kier molecular flexibility index (Phi) is 6.19. The van der Waals surface area contributed by atoms with Crippen LogP contribution in [0.2, 0.25) is 0 Å². The molecule has 0 bridgehead atoms. The molecule has 3 heteroatoms. The van der Waals surface area contributed by atoms with Crippen molar-refractivity contribution in [3.05, 3.63) is 0 Å². The zero-order chi connectivity index (χ0) is 10.3. The molecule has 0 aromatic heterocycles. The van der Waals surface area contributed by atoms with Gasteiger partial charge in [-0.1, -0.05) is 6.92 Å². The largest absolute Gasteiger partial charge is 0.396 e. The number of hydrogen-bond acceptors (Lipinski definition) is 3. The van der Waals surface area contributed by atoms with Crippen LogP contribution in [0, 0.1) is 22.7 Å². The summed E-state index contributed by atoms with van der Waals surface area (Å²) >= 11 is 1.82. The molecule has 0 amide bonds. The fourth-order valence-corrected chi connectivity index (χ4v) is 2.05. The summed E-state index contributed by atoms with van der Waals surface area (Å²) < 4.78 is 0. The molecule has 0 aromatic rings. The number of thioether (sulfide) groups is 1. The Morgan fingerprint density at radius 2 is 2.15 bits per heavy atom. The molecule has 0 saturated heterocycles. The number of nitriles is 1. The first-order valence-corrected chi connectivity index (χ1v) is 5.77. The molecule has 13 heavy (non-hydrogen) atoms. The molecule has 0 aliphatic carbocycles. The third kappa shape index (κ3) is 6.92. The summed E-state index contributed by atoms with van der Waals surface area (Å²) in [5.74, 6) is 2.36. The number of aliphatic hydroxyl groups excluding tert-OH is 1. The van der Waals surface area contributed by atoms with Crippen molar-refractivity contribution in [3.8, 4) is 6.07 Å². The minimum absolute atomic E-state index is 0.199. The Morgan fingerprint density at radius 1 is 1.54 bits per heavy atom. The second-order valence-corrected chi connectivity index (χ2v) is 5.26. The van der Waals surface area contributed by atoms with Gasteiger partial charge in [-0.25, -0.2) is 0 Å². The lowest BCUT2D eigenvalue weighted by Gasteiger charge is -2.14. The molecule has 0 rings (SSSR count). The first-order valence-electron chi connectivity index (χ1n) is 4.61. The van der Waals surface area contributed by atoms with Crippen LogP contribution in [0.15, 0.2) is 0 Å². The van der Waals surface area contributed by atoms with Gasteiger partial charge in [-0.3, -0.25) is 0 Å². The highest BCUT2D eigenvalue weighted by Crippen LogP contribution is 2.22. The quantitative estimate of drug-likeness (QED) is 0.671. The summed E-state index contributed by atoms with van der Waals surface area (Å²) in [4.78, 5) is 0. The normalized spacial score (nSPS) is 13.8. The van der Waals surface area contributed by atoms with E-state index in [1.807, 2.05) is 32.5 Å². The van der Waals surface area contributed by atoms with Gasteiger partial charge in [0.1, 0.15) is 0 Å². The van der Waals surface area contributed by atoms with Crippen LogP contribution in [0.25, 0.3) is 0 Å². The minimum atomic E-state index is -0.199. The predicted octanol–water partition coefficient (Wildman–Crippen LogP) is 2.29. The molecule has 0 heterocycles. The number of rotatable bonds is 6. The maximum Gasteiger partial charge on any atom is 0.0684 e. The second-order valence-electron chi connectivity index (χ2n) is 4.11. The smallest absolute Gasteiger partial charge is 0.0684 e. The van der Waals surface area contributed by atoms with Crippen molar-refractivity contribution < 1.29 is 5.11 Å². The third-order valence-electron chi connectivity index (χ3n) is 1.89. The molecular formula is C10H19NOS. The molecule has 0 radical (unpaired) electrons. The van der Waals surface area contributed by atoms with Crippen molar-refractivity contribution in [1.29, 1.82) is 5.26 Å². The van der Waals surface area contributed by atoms with E-state index in [9.17, 15) is 0 Å². The Hall–Kier alpha value is -0.200. The Labute approximate surface area is 85.3 Å². The topological polar surface area (TPSA) is 44.0 Å². The minimum Gasteiger partial charge on any atom is -0.396 e. The molecule has 2 nitrogen and oxygen atoms in total. The molecule has 1 atom stereocenters. The third-order valence-corrected chi connectivity index (χ3v) is 3.19. The van der Waals surface area contributed by atoms with Crippen molar-refractivity contribution in [1.82, 2.24) is 0 Å². The highest BCUT2D eigenvalue weighted by molar-refractivity contribution is 7.99. The predicted molar refractivity (Wildman–Crippen MR) is 57.6 cm³/mol. The van der Waals surface area contributed by atoms with Crippen LogP contribution >= 0.6 is 11.8 Å². The van der Waals surface area contributed by atoms with Gasteiger partial charge < -0.3 is 5.11 Å². The first-order chi connectivity index (χ1) is 6.02. The number of aliphatic hydroxyl groups is 1. The highest BCUT2D eigenvalue weighted by atomic mass is 32.2. The van der Waals surface area contributed by atoms with Gasteiger partial charge in [0.25, 0.3) is 0 Å². The molecule has 0 fully saturated rings. The van der Waals surface area contributed by atoms with Crippen LogP contribution in [0.3, 0.4) is 0 Å². The lowest BCUT2D eigenvalue weighted by molar-refractivity contribution is 0.250. The van der Waals surface area contributed by atoms with E-state index in [1.54, 1.807) is 0 Å². The molecule has 1 unspecified atom stereocenters. The van der Waals surface area contributed by atoms with Gasteiger partial charge in [-0.15, -0.1) is 0 Å². The van der Waals surface area contributed by atoms with Crippen molar-refractivity contribution in [2.75, 3.05) is 18.1 Å². The second kappa shape index (κ2) is 6.28. The summed E-state index contributed by atoms with van der Waals surface area (Å²) in [6, 6.07) is 2.28. The van der Waals surface area contributed by atoms with Gasteiger partial charge in [0.05, 0.1) is 11.5 Å². The standard InChI is InChI=1S/C10H19NOS/c1-9(6-12)7-13-5-4-10(2,3)8-11/h9,12H,4-7H2,1-3H3. The van der Waals surface area contributed by atoms with E-state index in [0.29, 0.717) is 5.92 Å². The van der Waals surface area contributed by atoms with Gasteiger partial charge in [-0.05, 0) is 37.7 Å². The Balaban J connectivity index is 3.42. The molecule has 0 spiro atoms. The van der Waals surface area contributed by atoms with E-state index in [4.69, 9.17) is 10.4 Å². The van der Waals surface area contributed by atoms with E-state index in [-0.39, 0.29) is 12.0 Å². The van der Waals surface area contributed by atoms with Crippen molar-refractivity contribution in [2.24, 2.45) is 11.3 Å². The Bertz CT molecular complexity index is 174.